The molecular formula is C16H28FN3. The molecule has 1 heterocycles. The first-order valence-corrected chi connectivity index (χ1v) is 7.39. The third-order valence-electron chi connectivity index (χ3n) is 3.35. The van der Waals surface area contributed by atoms with Crippen LogP contribution in [0.3, 0.4) is 0 Å². The second kappa shape index (κ2) is 7.02. The molecule has 0 saturated carbocycles. The van der Waals surface area contributed by atoms with Gasteiger partial charge in [0.2, 0.25) is 0 Å². The van der Waals surface area contributed by atoms with E-state index in [0.717, 1.165) is 6.42 Å². The van der Waals surface area contributed by atoms with Crippen molar-refractivity contribution in [3.63, 3.8) is 0 Å². The third-order valence-corrected chi connectivity index (χ3v) is 3.35. The zero-order chi connectivity index (χ0) is 15.3. The van der Waals surface area contributed by atoms with Crippen molar-refractivity contribution in [2.75, 3.05) is 5.32 Å². The number of hydrogen-bond acceptors (Lipinski definition) is 3. The maximum Gasteiger partial charge on any atom is 0.169 e. The molecule has 1 atom stereocenters. The Labute approximate surface area is 122 Å². The van der Waals surface area contributed by atoms with E-state index in [9.17, 15) is 4.39 Å². The van der Waals surface area contributed by atoms with Crippen molar-refractivity contribution in [1.29, 1.82) is 0 Å². The topological polar surface area (TPSA) is 37.0 Å². The highest BCUT2D eigenvalue weighted by atomic mass is 19.1. The Kier molecular flexibility index (Phi) is 5.93. The maximum atomic E-state index is 14.4. The van der Waals surface area contributed by atoms with Gasteiger partial charge < -0.3 is 10.6 Å². The number of nitrogens with one attached hydrogen (secondary N) is 2. The van der Waals surface area contributed by atoms with Crippen molar-refractivity contribution in [1.82, 2.24) is 10.3 Å². The number of anilines is 1. The van der Waals surface area contributed by atoms with Gasteiger partial charge in [0.15, 0.2) is 11.6 Å². The summed E-state index contributed by atoms with van der Waals surface area (Å²) in [6, 6.07) is 1.97. The molecular weight excluding hydrogens is 253 g/mol. The Morgan fingerprint density at radius 1 is 1.30 bits per heavy atom. The van der Waals surface area contributed by atoms with Crippen LogP contribution in [0, 0.1) is 11.7 Å². The second-order valence-corrected chi connectivity index (χ2v) is 6.64. The molecule has 114 valence electrons. The lowest BCUT2D eigenvalue weighted by Crippen LogP contribution is -2.35. The molecule has 0 saturated heterocycles. The Balaban J connectivity index is 2.84. The lowest BCUT2D eigenvalue weighted by atomic mass is 10.0. The molecule has 4 heteroatoms. The van der Waals surface area contributed by atoms with Crippen LogP contribution in [0.4, 0.5) is 10.2 Å². The van der Waals surface area contributed by atoms with Crippen molar-refractivity contribution in [2.45, 2.75) is 66.1 Å². The van der Waals surface area contributed by atoms with Crippen LogP contribution in [-0.2, 0) is 6.54 Å². The van der Waals surface area contributed by atoms with Gasteiger partial charge in [-0.3, -0.25) is 0 Å². The van der Waals surface area contributed by atoms with E-state index in [1.807, 2.05) is 0 Å². The van der Waals surface area contributed by atoms with E-state index < -0.39 is 0 Å². The van der Waals surface area contributed by atoms with Crippen LogP contribution in [0.25, 0.3) is 0 Å². The number of pyridine rings is 1. The second-order valence-electron chi connectivity index (χ2n) is 6.64. The van der Waals surface area contributed by atoms with E-state index in [2.05, 4.69) is 57.2 Å². The summed E-state index contributed by atoms with van der Waals surface area (Å²) in [6.07, 6.45) is 2.61. The highest BCUT2D eigenvalue weighted by molar-refractivity contribution is 5.41. The zero-order valence-corrected chi connectivity index (χ0v) is 13.5. The van der Waals surface area contributed by atoms with Gasteiger partial charge in [0, 0.05) is 29.9 Å². The first-order valence-electron chi connectivity index (χ1n) is 7.39. The van der Waals surface area contributed by atoms with Crippen molar-refractivity contribution in [3.05, 3.63) is 23.6 Å². The number of nitrogens with zero attached hydrogens (tertiary/aromatic N) is 1. The monoisotopic (exact) mass is 281 g/mol. The molecule has 3 nitrogen and oxygen atoms in total. The van der Waals surface area contributed by atoms with Gasteiger partial charge in [-0.25, -0.2) is 9.37 Å². The fourth-order valence-corrected chi connectivity index (χ4v) is 2.00. The fourth-order valence-electron chi connectivity index (χ4n) is 2.00. The molecule has 1 unspecified atom stereocenters. The van der Waals surface area contributed by atoms with Gasteiger partial charge in [-0.05, 0) is 39.2 Å². The van der Waals surface area contributed by atoms with Crippen LogP contribution in [0.15, 0.2) is 12.3 Å². The van der Waals surface area contributed by atoms with Crippen LogP contribution in [0.5, 0.6) is 0 Å². The Morgan fingerprint density at radius 2 is 1.95 bits per heavy atom. The van der Waals surface area contributed by atoms with Crippen molar-refractivity contribution >= 4 is 5.82 Å². The molecule has 0 aromatic carbocycles. The van der Waals surface area contributed by atoms with E-state index >= 15 is 0 Å². The molecule has 0 fully saturated rings. The molecule has 1 aromatic rings. The summed E-state index contributed by atoms with van der Waals surface area (Å²) >= 11 is 0. The molecule has 0 radical (unpaired) electrons. The number of hydrogen-bond donors (Lipinski definition) is 2. The molecule has 0 amide bonds. The van der Waals surface area contributed by atoms with Crippen LogP contribution in [-0.4, -0.2) is 16.6 Å². The van der Waals surface area contributed by atoms with Crippen LogP contribution >= 0.6 is 0 Å². The normalized spacial score (nSPS) is 13.6. The van der Waals surface area contributed by atoms with E-state index in [1.165, 1.54) is 0 Å². The SMILES string of the molecule is CCC(Nc1nccc(CNC(C)(C)C)c1F)C(C)C. The zero-order valence-electron chi connectivity index (χ0n) is 13.5. The molecule has 0 bridgehead atoms. The minimum absolute atomic E-state index is 0.0345. The standard InChI is InChI=1S/C16H28FN3/c1-7-13(11(2)3)20-15-14(17)12(8-9-18-15)10-19-16(4,5)6/h8-9,11,13,19H,7,10H2,1-6H3,(H,18,20). The molecule has 20 heavy (non-hydrogen) atoms. The summed E-state index contributed by atoms with van der Waals surface area (Å²) in [7, 11) is 0. The highest BCUT2D eigenvalue weighted by Crippen LogP contribution is 2.19. The number of halogens is 1. The van der Waals surface area contributed by atoms with Crippen LogP contribution in [0.2, 0.25) is 0 Å². The smallest absolute Gasteiger partial charge is 0.169 e. The Hall–Kier alpha value is -1.16. The van der Waals surface area contributed by atoms with Gasteiger partial charge in [-0.15, -0.1) is 0 Å². The number of aromatic nitrogens is 1. The van der Waals surface area contributed by atoms with Crippen molar-refractivity contribution in [2.24, 2.45) is 5.92 Å². The molecule has 1 aromatic heterocycles. The summed E-state index contributed by atoms with van der Waals surface area (Å²) < 4.78 is 14.4. The van der Waals surface area contributed by atoms with Crippen molar-refractivity contribution < 1.29 is 4.39 Å². The summed E-state index contributed by atoms with van der Waals surface area (Å²) in [6.45, 7) is 13.1. The molecule has 0 spiro atoms. The van der Waals surface area contributed by atoms with Gasteiger partial charge in [0.05, 0.1) is 0 Å². The minimum atomic E-state index is -0.247. The molecule has 0 aliphatic carbocycles. The van der Waals surface area contributed by atoms with Gasteiger partial charge in [-0.2, -0.15) is 0 Å². The number of rotatable bonds is 6. The van der Waals surface area contributed by atoms with E-state index in [-0.39, 0.29) is 17.4 Å². The Morgan fingerprint density at radius 3 is 2.45 bits per heavy atom. The minimum Gasteiger partial charge on any atom is -0.365 e. The lowest BCUT2D eigenvalue weighted by Gasteiger charge is -2.23. The first kappa shape index (κ1) is 16.9. The molecule has 2 N–H and O–H groups in total. The molecule has 0 aliphatic rings. The summed E-state index contributed by atoms with van der Waals surface area (Å²) in [5, 5.41) is 6.52. The Bertz CT molecular complexity index is 424. The maximum absolute atomic E-state index is 14.4. The average Bonchev–Trinajstić information content (AvgIpc) is 2.34. The molecule has 1 rings (SSSR count). The first-order chi connectivity index (χ1) is 9.24. The summed E-state index contributed by atoms with van der Waals surface area (Å²) in [5.41, 5.74) is 0.615. The predicted molar refractivity (Wildman–Crippen MR) is 83.3 cm³/mol. The van der Waals surface area contributed by atoms with E-state index in [1.54, 1.807) is 12.3 Å². The van der Waals surface area contributed by atoms with E-state index in [0.29, 0.717) is 23.8 Å². The van der Waals surface area contributed by atoms with Gasteiger partial charge in [0.1, 0.15) is 0 Å². The fraction of sp³-hybridized carbons (Fsp3) is 0.688. The van der Waals surface area contributed by atoms with Gasteiger partial charge in [-0.1, -0.05) is 20.8 Å². The van der Waals surface area contributed by atoms with Crippen LogP contribution in [0.1, 0.15) is 53.5 Å². The van der Waals surface area contributed by atoms with Gasteiger partial charge in [0.25, 0.3) is 0 Å². The molecule has 0 aliphatic heterocycles. The third kappa shape index (κ3) is 5.08. The average molecular weight is 281 g/mol. The van der Waals surface area contributed by atoms with Crippen molar-refractivity contribution in [3.8, 4) is 0 Å². The lowest BCUT2D eigenvalue weighted by molar-refractivity contribution is 0.418. The van der Waals surface area contributed by atoms with E-state index in [4.69, 9.17) is 0 Å². The quantitative estimate of drug-likeness (QED) is 0.829. The highest BCUT2D eigenvalue weighted by Gasteiger charge is 2.17. The van der Waals surface area contributed by atoms with Crippen LogP contribution < -0.4 is 10.6 Å². The summed E-state index contributed by atoms with van der Waals surface area (Å²) in [5.74, 6) is 0.555. The summed E-state index contributed by atoms with van der Waals surface area (Å²) in [4.78, 5) is 4.14. The van der Waals surface area contributed by atoms with Gasteiger partial charge >= 0.3 is 0 Å². The largest absolute Gasteiger partial charge is 0.365 e. The predicted octanol–water partition coefficient (Wildman–Crippen LogP) is 3.96.